The van der Waals surface area contributed by atoms with Crippen LogP contribution in [0.3, 0.4) is 0 Å². The number of nitro benzene ring substituents is 1. The molecule has 0 saturated heterocycles. The molecule has 0 atom stereocenters. The number of carbonyl (C=O) groups excluding carboxylic acids is 1. The molecule has 94 valence electrons. The van der Waals surface area contributed by atoms with Crippen LogP contribution in [-0.4, -0.2) is 24.5 Å². The molecule has 0 unspecified atom stereocenters. The predicted molar refractivity (Wildman–Crippen MR) is 62.4 cm³/mol. The number of rotatable bonds is 5. The van der Waals surface area contributed by atoms with E-state index in [0.717, 1.165) is 6.07 Å². The smallest absolute Gasteiger partial charge is 0.325 e. The summed E-state index contributed by atoms with van der Waals surface area (Å²) in [5.74, 6) is -0.552. The number of nitro groups is 1. The largest absolute Gasteiger partial charge is 0.468 e. The molecule has 0 aromatic heterocycles. The van der Waals surface area contributed by atoms with E-state index in [1.165, 1.54) is 19.2 Å². The molecule has 9 nitrogen and oxygen atoms in total. The van der Waals surface area contributed by atoms with Crippen molar-refractivity contribution in [3.05, 3.63) is 38.8 Å². The lowest BCUT2D eigenvalue weighted by Gasteiger charge is -2.06. The van der Waals surface area contributed by atoms with Crippen molar-refractivity contribution in [1.29, 1.82) is 0 Å². The summed E-state index contributed by atoms with van der Waals surface area (Å²) in [6.07, 6.45) is 0. The molecule has 0 saturated carbocycles. The van der Waals surface area contributed by atoms with Crippen molar-refractivity contribution in [3.8, 4) is 0 Å². The number of nitrogens with one attached hydrogen (secondary N) is 1. The molecule has 0 aliphatic carbocycles. The van der Waals surface area contributed by atoms with Gasteiger partial charge in [-0.05, 0) is 11.6 Å². The second-order valence-corrected chi connectivity index (χ2v) is 3.08. The van der Waals surface area contributed by atoms with Crippen LogP contribution >= 0.6 is 0 Å². The van der Waals surface area contributed by atoms with Crippen LogP contribution in [0, 0.1) is 10.1 Å². The zero-order chi connectivity index (χ0) is 13.5. The molecule has 0 radical (unpaired) electrons. The number of hydrogen-bond donors (Lipinski definition) is 1. The number of azide groups is 1. The summed E-state index contributed by atoms with van der Waals surface area (Å²) in [5, 5.41) is 16.6. The standard InChI is InChI=1S/C9H9N5O4/c1-18-9(15)5-11-7-3-2-6(12-13-10)4-8(7)14(16)17/h2-4,11H,5H2,1H3. The van der Waals surface area contributed by atoms with Crippen LogP contribution in [0.4, 0.5) is 17.1 Å². The average molecular weight is 251 g/mol. The van der Waals surface area contributed by atoms with E-state index in [1.54, 1.807) is 0 Å². The van der Waals surface area contributed by atoms with Crippen molar-refractivity contribution >= 4 is 23.0 Å². The van der Waals surface area contributed by atoms with E-state index in [2.05, 4.69) is 20.1 Å². The van der Waals surface area contributed by atoms with Gasteiger partial charge in [-0.25, -0.2) is 0 Å². The molecule has 1 aromatic rings. The number of carbonyl (C=O) groups is 1. The molecule has 0 amide bonds. The maximum absolute atomic E-state index is 10.9. The molecule has 0 heterocycles. The average Bonchev–Trinajstić information content (AvgIpc) is 2.36. The first kappa shape index (κ1) is 13.3. The van der Waals surface area contributed by atoms with Crippen LogP contribution in [0.1, 0.15) is 0 Å². The van der Waals surface area contributed by atoms with E-state index in [4.69, 9.17) is 5.53 Å². The van der Waals surface area contributed by atoms with E-state index in [-0.39, 0.29) is 23.6 Å². The van der Waals surface area contributed by atoms with Gasteiger partial charge in [0.25, 0.3) is 5.69 Å². The van der Waals surface area contributed by atoms with E-state index in [1.807, 2.05) is 0 Å². The van der Waals surface area contributed by atoms with E-state index >= 15 is 0 Å². The Kier molecular flexibility index (Phi) is 4.47. The topological polar surface area (TPSA) is 130 Å². The van der Waals surface area contributed by atoms with E-state index < -0.39 is 10.9 Å². The maximum Gasteiger partial charge on any atom is 0.325 e. The van der Waals surface area contributed by atoms with Gasteiger partial charge in [-0.15, -0.1) is 0 Å². The molecule has 0 aliphatic rings. The molecule has 0 spiro atoms. The quantitative estimate of drug-likeness (QED) is 0.214. The second-order valence-electron chi connectivity index (χ2n) is 3.08. The lowest BCUT2D eigenvalue weighted by molar-refractivity contribution is -0.383. The number of ether oxygens (including phenoxy) is 1. The van der Waals surface area contributed by atoms with Gasteiger partial charge >= 0.3 is 5.97 Å². The minimum atomic E-state index is -0.643. The highest BCUT2D eigenvalue weighted by molar-refractivity contribution is 5.77. The molecule has 18 heavy (non-hydrogen) atoms. The number of anilines is 1. The summed E-state index contributed by atoms with van der Waals surface area (Å²) in [5.41, 5.74) is 8.21. The second kappa shape index (κ2) is 6.06. The van der Waals surface area contributed by atoms with Crippen molar-refractivity contribution in [2.45, 2.75) is 0 Å². The zero-order valence-electron chi connectivity index (χ0n) is 9.36. The van der Waals surface area contributed by atoms with Gasteiger partial charge in [0.2, 0.25) is 0 Å². The molecular formula is C9H9N5O4. The first-order valence-corrected chi connectivity index (χ1v) is 4.72. The van der Waals surface area contributed by atoms with Crippen LogP contribution in [0.2, 0.25) is 0 Å². The van der Waals surface area contributed by atoms with Crippen molar-refractivity contribution in [1.82, 2.24) is 0 Å². The van der Waals surface area contributed by atoms with Gasteiger partial charge in [0.05, 0.1) is 12.0 Å². The monoisotopic (exact) mass is 251 g/mol. The van der Waals surface area contributed by atoms with Gasteiger partial charge < -0.3 is 10.1 Å². The van der Waals surface area contributed by atoms with Gasteiger partial charge in [0.15, 0.2) is 0 Å². The van der Waals surface area contributed by atoms with Crippen LogP contribution in [-0.2, 0) is 9.53 Å². The molecule has 0 aliphatic heterocycles. The minimum Gasteiger partial charge on any atom is -0.468 e. The van der Waals surface area contributed by atoms with Crippen LogP contribution in [0.25, 0.3) is 10.4 Å². The molecule has 1 N–H and O–H groups in total. The Hall–Kier alpha value is -2.80. The fourth-order valence-electron chi connectivity index (χ4n) is 1.17. The van der Waals surface area contributed by atoms with Crippen molar-refractivity contribution in [2.24, 2.45) is 5.11 Å². The third-order valence-corrected chi connectivity index (χ3v) is 1.99. The Morgan fingerprint density at radius 1 is 1.67 bits per heavy atom. The van der Waals surface area contributed by atoms with Crippen molar-refractivity contribution < 1.29 is 14.5 Å². The minimum absolute atomic E-state index is 0.118. The Balaban J connectivity index is 3.00. The normalized spacial score (nSPS) is 9.17. The lowest BCUT2D eigenvalue weighted by Crippen LogP contribution is -2.15. The summed E-state index contributed by atoms with van der Waals surface area (Å²) in [4.78, 5) is 23.6. The van der Waals surface area contributed by atoms with Crippen molar-refractivity contribution in [2.75, 3.05) is 19.0 Å². The fraction of sp³-hybridized carbons (Fsp3) is 0.222. The molecular weight excluding hydrogens is 242 g/mol. The number of benzene rings is 1. The zero-order valence-corrected chi connectivity index (χ0v) is 9.36. The lowest BCUT2D eigenvalue weighted by atomic mass is 10.2. The van der Waals surface area contributed by atoms with Crippen LogP contribution in [0.5, 0.6) is 0 Å². The number of nitrogens with zero attached hydrogens (tertiary/aromatic N) is 4. The molecule has 0 fully saturated rings. The number of methoxy groups -OCH3 is 1. The maximum atomic E-state index is 10.9. The van der Waals surface area contributed by atoms with Gasteiger partial charge in [-0.2, -0.15) is 0 Å². The molecule has 1 aromatic carbocycles. The first-order chi connectivity index (χ1) is 8.58. The highest BCUT2D eigenvalue weighted by atomic mass is 16.6. The van der Waals surface area contributed by atoms with Gasteiger partial charge in [0, 0.05) is 16.7 Å². The Bertz CT molecular complexity index is 524. The third-order valence-electron chi connectivity index (χ3n) is 1.99. The Morgan fingerprint density at radius 3 is 2.94 bits per heavy atom. The van der Waals surface area contributed by atoms with Crippen molar-refractivity contribution in [3.63, 3.8) is 0 Å². The highest BCUT2D eigenvalue weighted by Crippen LogP contribution is 2.29. The first-order valence-electron chi connectivity index (χ1n) is 4.72. The molecule has 9 heteroatoms. The Morgan fingerprint density at radius 2 is 2.39 bits per heavy atom. The molecule has 0 bridgehead atoms. The van der Waals surface area contributed by atoms with Gasteiger partial charge in [0.1, 0.15) is 12.2 Å². The van der Waals surface area contributed by atoms with Gasteiger partial charge in [-0.1, -0.05) is 11.2 Å². The van der Waals surface area contributed by atoms with Crippen LogP contribution < -0.4 is 5.32 Å². The van der Waals surface area contributed by atoms with Crippen LogP contribution in [0.15, 0.2) is 23.3 Å². The summed E-state index contributed by atoms with van der Waals surface area (Å²) in [6.45, 7) is -0.196. The highest BCUT2D eigenvalue weighted by Gasteiger charge is 2.14. The number of esters is 1. The fourth-order valence-corrected chi connectivity index (χ4v) is 1.17. The Labute approximate surface area is 101 Å². The summed E-state index contributed by atoms with van der Waals surface area (Å²) in [6, 6.07) is 3.86. The summed E-state index contributed by atoms with van der Waals surface area (Å²) >= 11 is 0. The third kappa shape index (κ3) is 3.35. The van der Waals surface area contributed by atoms with E-state index in [9.17, 15) is 14.9 Å². The van der Waals surface area contributed by atoms with Gasteiger partial charge in [-0.3, -0.25) is 14.9 Å². The number of hydrogen-bond acceptors (Lipinski definition) is 6. The summed E-state index contributed by atoms with van der Waals surface area (Å²) in [7, 11) is 1.21. The molecule has 1 rings (SSSR count). The van der Waals surface area contributed by atoms with E-state index in [0.29, 0.717) is 0 Å². The SMILES string of the molecule is COC(=O)CNc1ccc(N=[N+]=[N-])cc1[N+](=O)[O-]. The summed E-state index contributed by atoms with van der Waals surface area (Å²) < 4.78 is 4.40. The predicted octanol–water partition coefficient (Wildman–Crippen LogP) is 2.12.